The number of ether oxygens (including phenoxy) is 1. The van der Waals surface area contributed by atoms with Crippen LogP contribution in [0.5, 0.6) is 5.75 Å². The Kier molecular flexibility index (Phi) is 6.84. The van der Waals surface area contributed by atoms with Crippen molar-refractivity contribution < 1.29 is 22.7 Å². The summed E-state index contributed by atoms with van der Waals surface area (Å²) >= 11 is 0. The number of carbonyl (C=O) groups excluding carboxylic acids is 1. The molecule has 1 unspecified atom stereocenters. The molecule has 0 spiro atoms. The number of nitrogens with two attached hydrogens (primary N) is 1. The van der Waals surface area contributed by atoms with E-state index >= 15 is 0 Å². The first kappa shape index (κ1) is 22.6. The van der Waals surface area contributed by atoms with Crippen LogP contribution in [-0.2, 0) is 4.79 Å². The first-order chi connectivity index (χ1) is 13.4. The fraction of sp³-hybridized carbons (Fsp3) is 0.450. The highest BCUT2D eigenvalue weighted by molar-refractivity contribution is 5.88. The zero-order chi connectivity index (χ0) is 21.8. The number of carbonyl (C=O) groups is 1. The van der Waals surface area contributed by atoms with Gasteiger partial charge in [0.25, 0.3) is 6.43 Å². The van der Waals surface area contributed by atoms with Crippen molar-refractivity contribution >= 4 is 11.7 Å². The fourth-order valence-corrected chi connectivity index (χ4v) is 2.99. The number of anilines is 1. The Morgan fingerprint density at radius 1 is 1.28 bits per heavy atom. The molecule has 2 rings (SSSR count). The van der Waals surface area contributed by atoms with E-state index in [9.17, 15) is 18.0 Å². The molecule has 158 valence electrons. The predicted octanol–water partition coefficient (Wildman–Crippen LogP) is 4.27. The minimum atomic E-state index is -2.89. The molecular formula is C20H25F3N4O2. The normalized spacial score (nSPS) is 13.8. The highest BCUT2D eigenvalue weighted by atomic mass is 19.3. The van der Waals surface area contributed by atoms with E-state index in [0.717, 1.165) is 0 Å². The second-order valence-corrected chi connectivity index (χ2v) is 7.83. The van der Waals surface area contributed by atoms with Crippen LogP contribution in [-0.4, -0.2) is 33.7 Å². The van der Waals surface area contributed by atoms with Gasteiger partial charge in [-0.2, -0.15) is 0 Å². The van der Waals surface area contributed by atoms with Gasteiger partial charge in [-0.1, -0.05) is 0 Å². The molecule has 2 aromatic rings. The van der Waals surface area contributed by atoms with E-state index in [1.807, 2.05) is 0 Å². The highest BCUT2D eigenvalue weighted by Crippen LogP contribution is 2.32. The van der Waals surface area contributed by atoms with Gasteiger partial charge in [0.2, 0.25) is 5.91 Å². The fourth-order valence-electron chi connectivity index (χ4n) is 2.99. The zero-order valence-electron chi connectivity index (χ0n) is 16.8. The van der Waals surface area contributed by atoms with Crippen molar-refractivity contribution in [2.45, 2.75) is 51.7 Å². The molecule has 1 amide bonds. The van der Waals surface area contributed by atoms with Crippen LogP contribution in [0.15, 0.2) is 30.5 Å². The van der Waals surface area contributed by atoms with Gasteiger partial charge in [0, 0.05) is 25.1 Å². The molecule has 2 heterocycles. The molecule has 2 aromatic heterocycles. The standard InChI is InChI=1S/C20H25F3N4O2/c1-12(28)26-16-9-13(7-8-25-16)14-5-6-15(17(27-14)18(21)22)29-11-20(4,24)10-19(2,3)23/h5-9,18H,10-11,24H2,1-4H3,(H,25,26,28). The van der Waals surface area contributed by atoms with E-state index in [2.05, 4.69) is 15.3 Å². The largest absolute Gasteiger partial charge is 0.490 e. The van der Waals surface area contributed by atoms with Gasteiger partial charge in [0.1, 0.15) is 29.5 Å². The minimum Gasteiger partial charge on any atom is -0.490 e. The quantitative estimate of drug-likeness (QED) is 0.678. The van der Waals surface area contributed by atoms with Gasteiger partial charge in [0.15, 0.2) is 0 Å². The van der Waals surface area contributed by atoms with Gasteiger partial charge in [-0.05, 0) is 45.0 Å². The summed E-state index contributed by atoms with van der Waals surface area (Å²) in [5.41, 5.74) is 3.69. The van der Waals surface area contributed by atoms with Crippen LogP contribution < -0.4 is 15.8 Å². The third-order valence-electron chi connectivity index (χ3n) is 3.83. The lowest BCUT2D eigenvalue weighted by Gasteiger charge is -2.30. The van der Waals surface area contributed by atoms with Crippen molar-refractivity contribution in [1.82, 2.24) is 9.97 Å². The van der Waals surface area contributed by atoms with Gasteiger partial charge in [0.05, 0.1) is 11.2 Å². The molecular weight excluding hydrogens is 385 g/mol. The van der Waals surface area contributed by atoms with E-state index in [1.165, 1.54) is 45.2 Å². The summed E-state index contributed by atoms with van der Waals surface area (Å²) < 4.78 is 46.5. The molecule has 0 radical (unpaired) electrons. The summed E-state index contributed by atoms with van der Waals surface area (Å²) in [6.45, 7) is 5.57. The van der Waals surface area contributed by atoms with Crippen LogP contribution >= 0.6 is 0 Å². The molecule has 6 nitrogen and oxygen atoms in total. The number of hydrogen-bond acceptors (Lipinski definition) is 5. The summed E-state index contributed by atoms with van der Waals surface area (Å²) in [4.78, 5) is 19.2. The van der Waals surface area contributed by atoms with Crippen molar-refractivity contribution in [2.24, 2.45) is 5.73 Å². The number of aromatic nitrogens is 2. The average Bonchev–Trinajstić information content (AvgIpc) is 2.57. The number of hydrogen-bond donors (Lipinski definition) is 2. The number of amides is 1. The van der Waals surface area contributed by atoms with Crippen molar-refractivity contribution in [3.05, 3.63) is 36.2 Å². The maximum absolute atomic E-state index is 13.9. The van der Waals surface area contributed by atoms with Crippen LogP contribution in [0.3, 0.4) is 0 Å². The number of alkyl halides is 3. The SMILES string of the molecule is CC(=O)Nc1cc(-c2ccc(OCC(C)(N)CC(C)(C)F)c(C(F)F)n2)ccn1. The Morgan fingerprint density at radius 2 is 1.97 bits per heavy atom. The number of pyridine rings is 2. The third kappa shape index (κ3) is 7.01. The molecule has 0 saturated heterocycles. The van der Waals surface area contributed by atoms with Gasteiger partial charge >= 0.3 is 0 Å². The Balaban J connectivity index is 2.26. The van der Waals surface area contributed by atoms with Gasteiger partial charge in [-0.15, -0.1) is 0 Å². The molecule has 0 aromatic carbocycles. The molecule has 0 aliphatic carbocycles. The summed E-state index contributed by atoms with van der Waals surface area (Å²) in [6.07, 6.45) is -1.45. The predicted molar refractivity (Wildman–Crippen MR) is 105 cm³/mol. The minimum absolute atomic E-state index is 0.00152. The van der Waals surface area contributed by atoms with Gasteiger partial charge < -0.3 is 15.8 Å². The molecule has 0 saturated carbocycles. The van der Waals surface area contributed by atoms with E-state index in [0.29, 0.717) is 5.56 Å². The van der Waals surface area contributed by atoms with Crippen LogP contribution in [0.2, 0.25) is 0 Å². The van der Waals surface area contributed by atoms with Crippen LogP contribution in [0, 0.1) is 0 Å². The number of halogens is 3. The molecule has 29 heavy (non-hydrogen) atoms. The topological polar surface area (TPSA) is 90.1 Å². The van der Waals surface area contributed by atoms with Crippen LogP contribution in [0.4, 0.5) is 19.0 Å². The van der Waals surface area contributed by atoms with E-state index in [-0.39, 0.29) is 36.2 Å². The molecule has 1 atom stereocenters. The summed E-state index contributed by atoms with van der Waals surface area (Å²) in [6, 6.07) is 6.00. The Bertz CT molecular complexity index is 867. The van der Waals surface area contributed by atoms with Gasteiger partial charge in [-0.3, -0.25) is 4.79 Å². The molecule has 9 heteroatoms. The number of nitrogens with zero attached hydrogens (tertiary/aromatic N) is 2. The highest BCUT2D eigenvalue weighted by Gasteiger charge is 2.30. The first-order valence-corrected chi connectivity index (χ1v) is 9.00. The second kappa shape index (κ2) is 8.77. The number of rotatable bonds is 8. The van der Waals surface area contributed by atoms with Crippen LogP contribution in [0.25, 0.3) is 11.3 Å². The maximum Gasteiger partial charge on any atom is 0.284 e. The van der Waals surface area contributed by atoms with E-state index < -0.39 is 23.3 Å². The molecule has 3 N–H and O–H groups in total. The summed E-state index contributed by atoms with van der Waals surface area (Å²) in [5, 5.41) is 2.52. The maximum atomic E-state index is 13.9. The molecule has 0 aliphatic rings. The summed E-state index contributed by atoms with van der Waals surface area (Å²) in [7, 11) is 0. The second-order valence-electron chi connectivity index (χ2n) is 7.83. The smallest absolute Gasteiger partial charge is 0.284 e. The lowest BCUT2D eigenvalue weighted by Crippen LogP contribution is -2.46. The summed E-state index contributed by atoms with van der Waals surface area (Å²) in [5.74, 6) is -0.141. The Morgan fingerprint density at radius 3 is 2.55 bits per heavy atom. The monoisotopic (exact) mass is 410 g/mol. The average molecular weight is 410 g/mol. The van der Waals surface area contributed by atoms with Crippen molar-refractivity contribution in [1.29, 1.82) is 0 Å². The third-order valence-corrected chi connectivity index (χ3v) is 3.83. The van der Waals surface area contributed by atoms with Crippen molar-refractivity contribution in [2.75, 3.05) is 11.9 Å². The van der Waals surface area contributed by atoms with E-state index in [1.54, 1.807) is 13.0 Å². The first-order valence-electron chi connectivity index (χ1n) is 9.00. The zero-order valence-corrected chi connectivity index (χ0v) is 16.8. The van der Waals surface area contributed by atoms with Crippen LogP contribution in [0.1, 0.15) is 46.2 Å². The van der Waals surface area contributed by atoms with Gasteiger partial charge in [-0.25, -0.2) is 23.1 Å². The molecule has 0 aliphatic heterocycles. The van der Waals surface area contributed by atoms with Crippen molar-refractivity contribution in [3.8, 4) is 17.0 Å². The van der Waals surface area contributed by atoms with E-state index in [4.69, 9.17) is 10.5 Å². The number of nitrogens with one attached hydrogen (secondary N) is 1. The Hall–Kier alpha value is -2.68. The molecule has 0 fully saturated rings. The Labute approximate surface area is 167 Å². The lowest BCUT2D eigenvalue weighted by molar-refractivity contribution is -0.114. The van der Waals surface area contributed by atoms with Crippen molar-refractivity contribution in [3.63, 3.8) is 0 Å². The lowest BCUT2D eigenvalue weighted by atomic mass is 9.91. The molecule has 0 bridgehead atoms.